The number of aromatic nitrogens is 3. The highest BCUT2D eigenvalue weighted by atomic mass is 35.5. The van der Waals surface area contributed by atoms with Crippen molar-refractivity contribution in [1.82, 2.24) is 19.5 Å². The molecule has 8 nitrogen and oxygen atoms in total. The van der Waals surface area contributed by atoms with Crippen molar-refractivity contribution in [2.75, 3.05) is 38.1 Å². The van der Waals surface area contributed by atoms with E-state index in [1.807, 2.05) is 38.1 Å². The molecule has 0 aliphatic carbocycles. The molecule has 10 heteroatoms. The summed E-state index contributed by atoms with van der Waals surface area (Å²) in [6, 6.07) is 24.8. The summed E-state index contributed by atoms with van der Waals surface area (Å²) in [5.74, 6) is 0.489. The molecule has 0 radical (unpaired) electrons. The first-order chi connectivity index (χ1) is 19.4. The SMILES string of the molecule is CCOC(=O)C(C)(C)c1cn2nc(NCCCN3CCC(OC(c4ccccc4)c4ccccc4)C3)ccc2n1.Cl.Cl. The van der Waals surface area contributed by atoms with Gasteiger partial charge in [0.2, 0.25) is 0 Å². The molecule has 1 unspecified atom stereocenters. The molecule has 2 aromatic heterocycles. The Balaban J connectivity index is 0.00000242. The number of nitrogens with one attached hydrogen (secondary N) is 1. The van der Waals surface area contributed by atoms with Gasteiger partial charge < -0.3 is 19.7 Å². The van der Waals surface area contributed by atoms with E-state index in [1.165, 1.54) is 11.1 Å². The smallest absolute Gasteiger partial charge is 0.317 e. The Hall–Kier alpha value is -3.17. The molecular weight excluding hydrogens is 573 g/mol. The lowest BCUT2D eigenvalue weighted by atomic mass is 9.90. The number of nitrogens with zero attached hydrogens (tertiary/aromatic N) is 4. The number of fused-ring (bicyclic) bond motifs is 1. The number of esters is 1. The molecule has 0 saturated carbocycles. The number of benzene rings is 2. The molecule has 0 spiro atoms. The third-order valence-electron chi connectivity index (χ3n) is 7.47. The van der Waals surface area contributed by atoms with Gasteiger partial charge in [-0.25, -0.2) is 9.50 Å². The summed E-state index contributed by atoms with van der Waals surface area (Å²) in [6.07, 6.45) is 3.99. The van der Waals surface area contributed by atoms with Crippen molar-refractivity contribution in [2.24, 2.45) is 0 Å². The summed E-state index contributed by atoms with van der Waals surface area (Å²) in [5.41, 5.74) is 2.88. The maximum atomic E-state index is 12.4. The molecule has 1 atom stereocenters. The number of imidazole rings is 1. The zero-order valence-electron chi connectivity index (χ0n) is 24.4. The van der Waals surface area contributed by atoms with Gasteiger partial charge in [0.05, 0.1) is 24.6 Å². The molecule has 42 heavy (non-hydrogen) atoms. The van der Waals surface area contributed by atoms with Crippen molar-refractivity contribution in [2.45, 2.75) is 51.2 Å². The lowest BCUT2D eigenvalue weighted by Gasteiger charge is -2.23. The Morgan fingerprint density at radius 3 is 2.33 bits per heavy atom. The van der Waals surface area contributed by atoms with Crippen LogP contribution in [-0.2, 0) is 19.7 Å². The van der Waals surface area contributed by atoms with Crippen molar-refractivity contribution < 1.29 is 14.3 Å². The van der Waals surface area contributed by atoms with Gasteiger partial charge in [-0.2, -0.15) is 0 Å². The number of anilines is 1. The van der Waals surface area contributed by atoms with Crippen LogP contribution in [0.2, 0.25) is 0 Å². The number of ether oxygens (including phenoxy) is 2. The molecule has 4 aromatic rings. The fraction of sp³-hybridized carbons (Fsp3) is 0.406. The highest BCUT2D eigenvalue weighted by Gasteiger charge is 2.34. The van der Waals surface area contributed by atoms with Crippen LogP contribution in [0.5, 0.6) is 0 Å². The summed E-state index contributed by atoms with van der Waals surface area (Å²) >= 11 is 0. The maximum Gasteiger partial charge on any atom is 0.317 e. The number of rotatable bonds is 12. The van der Waals surface area contributed by atoms with Crippen molar-refractivity contribution >= 4 is 42.2 Å². The van der Waals surface area contributed by atoms with Gasteiger partial charge in [-0.1, -0.05) is 60.7 Å². The highest BCUT2D eigenvalue weighted by molar-refractivity contribution is 5.85. The standard InChI is InChI=1S/C32H39N5O3.2ClH/c1-4-39-31(38)32(2,3)27-23-37-29(34-27)17-16-28(35-37)33-19-11-20-36-21-18-26(22-36)40-30(24-12-7-5-8-13-24)25-14-9-6-10-15-25;;/h5-10,12-17,23,26,30H,4,11,18-22H2,1-3H3,(H,33,35);2*1H. The van der Waals surface area contributed by atoms with Crippen molar-refractivity contribution in [3.63, 3.8) is 0 Å². The lowest BCUT2D eigenvalue weighted by Crippen LogP contribution is -2.31. The first-order valence-electron chi connectivity index (χ1n) is 14.2. The predicted octanol–water partition coefficient (Wildman–Crippen LogP) is 6.10. The largest absolute Gasteiger partial charge is 0.465 e. The van der Waals surface area contributed by atoms with E-state index in [1.54, 1.807) is 17.6 Å². The second kappa shape index (κ2) is 15.3. The second-order valence-electron chi connectivity index (χ2n) is 10.8. The number of likely N-dealkylation sites (tertiary alicyclic amines) is 1. The molecule has 0 amide bonds. The summed E-state index contributed by atoms with van der Waals surface area (Å²) < 4.78 is 13.6. The maximum absolute atomic E-state index is 12.4. The van der Waals surface area contributed by atoms with Crippen molar-refractivity contribution in [1.29, 1.82) is 0 Å². The molecule has 1 aliphatic rings. The zero-order chi connectivity index (χ0) is 28.0. The van der Waals surface area contributed by atoms with Gasteiger partial charge in [-0.3, -0.25) is 4.79 Å². The molecule has 2 aromatic carbocycles. The van der Waals surface area contributed by atoms with Crippen LogP contribution in [0.15, 0.2) is 79.0 Å². The first-order valence-corrected chi connectivity index (χ1v) is 14.2. The summed E-state index contributed by atoms with van der Waals surface area (Å²) in [7, 11) is 0. The van der Waals surface area contributed by atoms with E-state index >= 15 is 0 Å². The molecule has 226 valence electrons. The number of hydrogen-bond acceptors (Lipinski definition) is 7. The van der Waals surface area contributed by atoms with Crippen LogP contribution < -0.4 is 5.32 Å². The molecule has 5 rings (SSSR count). The molecule has 0 bridgehead atoms. The molecule has 1 aliphatic heterocycles. The van der Waals surface area contributed by atoms with E-state index in [4.69, 9.17) is 9.47 Å². The third kappa shape index (κ3) is 8.01. The quantitative estimate of drug-likeness (QED) is 0.153. The minimum absolute atomic E-state index is 0. The van der Waals surface area contributed by atoms with E-state index in [9.17, 15) is 4.79 Å². The molecule has 1 fully saturated rings. The van der Waals surface area contributed by atoms with Gasteiger partial charge in [-0.05, 0) is 63.4 Å². The van der Waals surface area contributed by atoms with Crippen LogP contribution in [0.4, 0.5) is 5.82 Å². The minimum atomic E-state index is -0.836. The topological polar surface area (TPSA) is 81.0 Å². The summed E-state index contributed by atoms with van der Waals surface area (Å²) in [6.45, 7) is 9.59. The van der Waals surface area contributed by atoms with E-state index in [0.717, 1.165) is 44.8 Å². The number of carbonyl (C=O) groups is 1. The molecule has 3 heterocycles. The Bertz CT molecular complexity index is 1360. The second-order valence-corrected chi connectivity index (χ2v) is 10.8. The van der Waals surface area contributed by atoms with Gasteiger partial charge in [0.15, 0.2) is 5.65 Å². The van der Waals surface area contributed by atoms with Gasteiger partial charge in [0, 0.05) is 19.6 Å². The van der Waals surface area contributed by atoms with Gasteiger partial charge in [-0.15, -0.1) is 29.9 Å². The number of hydrogen-bond donors (Lipinski definition) is 1. The highest BCUT2D eigenvalue weighted by Crippen LogP contribution is 2.30. The van der Waals surface area contributed by atoms with Crippen LogP contribution in [0.3, 0.4) is 0 Å². The van der Waals surface area contributed by atoms with Crippen LogP contribution in [0, 0.1) is 0 Å². The summed E-state index contributed by atoms with van der Waals surface area (Å²) in [5, 5.41) is 8.07. The van der Waals surface area contributed by atoms with Crippen molar-refractivity contribution in [3.8, 4) is 0 Å². The predicted molar refractivity (Wildman–Crippen MR) is 171 cm³/mol. The van der Waals surface area contributed by atoms with E-state index in [0.29, 0.717) is 17.9 Å². The third-order valence-corrected chi connectivity index (χ3v) is 7.47. The monoisotopic (exact) mass is 613 g/mol. The average molecular weight is 615 g/mol. The Kier molecular flexibility index (Phi) is 12.2. The van der Waals surface area contributed by atoms with E-state index in [2.05, 4.69) is 68.8 Å². The fourth-order valence-electron chi connectivity index (χ4n) is 5.12. The zero-order valence-corrected chi connectivity index (χ0v) is 26.1. The van der Waals surface area contributed by atoms with E-state index < -0.39 is 5.41 Å². The molecule has 1 saturated heterocycles. The Labute approximate surface area is 260 Å². The van der Waals surface area contributed by atoms with Gasteiger partial charge >= 0.3 is 5.97 Å². The Morgan fingerprint density at radius 1 is 1.02 bits per heavy atom. The first kappa shape index (κ1) is 33.3. The molecule has 1 N–H and O–H groups in total. The summed E-state index contributed by atoms with van der Waals surface area (Å²) in [4.78, 5) is 19.5. The van der Waals surface area contributed by atoms with Crippen LogP contribution in [0.25, 0.3) is 5.65 Å². The normalized spacial score (nSPS) is 15.3. The molecular formula is C32H41Cl2N5O3. The lowest BCUT2D eigenvalue weighted by molar-refractivity contribution is -0.148. The Morgan fingerprint density at radius 2 is 1.69 bits per heavy atom. The number of carbonyl (C=O) groups excluding carboxylic acids is 1. The van der Waals surface area contributed by atoms with Crippen molar-refractivity contribution in [3.05, 3.63) is 95.8 Å². The van der Waals surface area contributed by atoms with Crippen LogP contribution in [-0.4, -0.2) is 64.4 Å². The fourth-order valence-corrected chi connectivity index (χ4v) is 5.12. The van der Waals surface area contributed by atoms with Crippen LogP contribution in [0.1, 0.15) is 56.5 Å². The van der Waals surface area contributed by atoms with E-state index in [-0.39, 0.29) is 43.0 Å². The van der Waals surface area contributed by atoms with Crippen LogP contribution >= 0.6 is 24.8 Å². The minimum Gasteiger partial charge on any atom is -0.465 e. The van der Waals surface area contributed by atoms with Gasteiger partial charge in [0.1, 0.15) is 17.3 Å². The van der Waals surface area contributed by atoms with Gasteiger partial charge in [0.25, 0.3) is 0 Å². The average Bonchev–Trinajstić information content (AvgIpc) is 3.62. The number of halogens is 2.